The van der Waals surface area contributed by atoms with Crippen LogP contribution in [0.2, 0.25) is 0 Å². The summed E-state index contributed by atoms with van der Waals surface area (Å²) in [4.78, 5) is 33.5. The van der Waals surface area contributed by atoms with Gasteiger partial charge in [-0.05, 0) is 64.0 Å². The van der Waals surface area contributed by atoms with E-state index >= 15 is 0 Å². The summed E-state index contributed by atoms with van der Waals surface area (Å²) in [6.07, 6.45) is 7.30. The summed E-state index contributed by atoms with van der Waals surface area (Å²) < 4.78 is 1.96. The second-order valence-corrected chi connectivity index (χ2v) is 10.0. The van der Waals surface area contributed by atoms with Crippen LogP contribution in [0.4, 0.5) is 5.13 Å². The number of rotatable bonds is 8. The average molecular weight is 490 g/mol. The van der Waals surface area contributed by atoms with Gasteiger partial charge in [0.2, 0.25) is 5.91 Å². The van der Waals surface area contributed by atoms with Crippen molar-refractivity contribution in [3.8, 4) is 11.3 Å². The molecule has 2 aromatic heterocycles. The van der Waals surface area contributed by atoms with Crippen LogP contribution in [-0.4, -0.2) is 34.1 Å². The first kappa shape index (κ1) is 25.8. The largest absolute Gasteiger partial charge is 0.348 e. The van der Waals surface area contributed by atoms with Crippen LogP contribution in [0, 0.1) is 0 Å². The van der Waals surface area contributed by atoms with Crippen LogP contribution >= 0.6 is 11.3 Å². The number of aliphatic imine (C=N–C) groups is 1. The second kappa shape index (κ2) is 11.1. The van der Waals surface area contributed by atoms with E-state index in [9.17, 15) is 9.59 Å². The summed E-state index contributed by atoms with van der Waals surface area (Å²) in [6.45, 7) is 13.6. The molecule has 0 spiro atoms. The molecule has 0 fully saturated rings. The molecule has 0 bridgehead atoms. The molecule has 182 valence electrons. The van der Waals surface area contributed by atoms with Crippen molar-refractivity contribution in [1.82, 2.24) is 14.9 Å². The standard InChI is InChI=1S/C27H31N5O2S/c1-18(2)28-12-10-19(3)20-8-7-9-21(14-20)23-17-35-26(30-23)31-24(33)15-29-25(34)22-11-13-32(16-22)27(4,5)6/h7-14,16-17H,1,15H2,2-6H3,(H,29,34)(H,30,31,33)/b19-10+,28-12-. The van der Waals surface area contributed by atoms with E-state index in [0.29, 0.717) is 10.7 Å². The Labute approximate surface area is 210 Å². The van der Waals surface area contributed by atoms with Gasteiger partial charge >= 0.3 is 0 Å². The fourth-order valence-electron chi connectivity index (χ4n) is 3.13. The molecule has 0 radical (unpaired) electrons. The normalized spacial score (nSPS) is 12.1. The minimum atomic E-state index is -0.334. The lowest BCUT2D eigenvalue weighted by Gasteiger charge is -2.20. The number of thiazole rings is 1. The molecule has 0 saturated carbocycles. The number of hydrogen-bond acceptors (Lipinski definition) is 5. The van der Waals surface area contributed by atoms with Crippen LogP contribution in [0.3, 0.4) is 0 Å². The van der Waals surface area contributed by atoms with Crippen LogP contribution in [0.5, 0.6) is 0 Å². The summed E-state index contributed by atoms with van der Waals surface area (Å²) in [7, 11) is 0. The highest BCUT2D eigenvalue weighted by Gasteiger charge is 2.16. The predicted octanol–water partition coefficient (Wildman–Crippen LogP) is 5.74. The molecule has 0 aliphatic carbocycles. The molecule has 0 aliphatic heterocycles. The molecule has 0 unspecified atom stereocenters. The minimum absolute atomic E-state index is 0.119. The number of nitrogens with zero attached hydrogens (tertiary/aromatic N) is 3. The highest BCUT2D eigenvalue weighted by atomic mass is 32.1. The third kappa shape index (κ3) is 7.35. The van der Waals surface area contributed by atoms with Gasteiger partial charge in [-0.25, -0.2) is 4.98 Å². The van der Waals surface area contributed by atoms with Crippen molar-refractivity contribution in [2.45, 2.75) is 40.2 Å². The first-order valence-corrected chi connectivity index (χ1v) is 12.1. The first-order chi connectivity index (χ1) is 16.5. The van der Waals surface area contributed by atoms with E-state index in [1.807, 2.05) is 60.3 Å². The van der Waals surface area contributed by atoms with Crippen LogP contribution in [0.1, 0.15) is 50.5 Å². The van der Waals surface area contributed by atoms with E-state index in [2.05, 4.69) is 48.0 Å². The summed E-state index contributed by atoms with van der Waals surface area (Å²) >= 11 is 1.34. The van der Waals surface area contributed by atoms with E-state index in [1.54, 1.807) is 18.5 Å². The second-order valence-electron chi connectivity index (χ2n) is 9.19. The van der Waals surface area contributed by atoms with Crippen molar-refractivity contribution >= 4 is 40.1 Å². The third-order valence-electron chi connectivity index (χ3n) is 5.12. The number of aromatic nitrogens is 2. The quantitative estimate of drug-likeness (QED) is 0.395. The zero-order chi connectivity index (χ0) is 25.6. The molecule has 7 nitrogen and oxygen atoms in total. The SMILES string of the molecule is C=C(C)/N=C\C=C(/C)c1cccc(-c2csc(NC(=O)CNC(=O)c3ccn(C(C)(C)C)c3)n2)c1. The Morgan fingerprint density at radius 1 is 1.20 bits per heavy atom. The number of allylic oxidation sites excluding steroid dienone is 3. The van der Waals surface area contributed by atoms with E-state index in [1.165, 1.54) is 11.3 Å². The van der Waals surface area contributed by atoms with Crippen LogP contribution in [-0.2, 0) is 10.3 Å². The molecule has 1 aromatic carbocycles. The van der Waals surface area contributed by atoms with Gasteiger partial charge in [-0.15, -0.1) is 11.3 Å². The van der Waals surface area contributed by atoms with Crippen LogP contribution < -0.4 is 10.6 Å². The van der Waals surface area contributed by atoms with Gasteiger partial charge in [0.1, 0.15) is 0 Å². The van der Waals surface area contributed by atoms with Crippen molar-refractivity contribution in [3.05, 3.63) is 77.6 Å². The average Bonchev–Trinajstić information content (AvgIpc) is 3.47. The number of amides is 2. The number of hydrogen-bond donors (Lipinski definition) is 2. The highest BCUT2D eigenvalue weighted by molar-refractivity contribution is 7.14. The summed E-state index contributed by atoms with van der Waals surface area (Å²) in [6, 6.07) is 9.76. The predicted molar refractivity (Wildman–Crippen MR) is 145 cm³/mol. The molecular weight excluding hydrogens is 458 g/mol. The summed E-state index contributed by atoms with van der Waals surface area (Å²) in [5, 5.41) is 7.78. The lowest BCUT2D eigenvalue weighted by Crippen LogP contribution is -2.32. The van der Waals surface area contributed by atoms with Gasteiger partial charge in [-0.2, -0.15) is 0 Å². The number of carbonyl (C=O) groups excluding carboxylic acids is 2. The maximum Gasteiger partial charge on any atom is 0.253 e. The Hall–Kier alpha value is -3.78. The Morgan fingerprint density at radius 2 is 1.97 bits per heavy atom. The van der Waals surface area contributed by atoms with Crippen molar-refractivity contribution in [3.63, 3.8) is 0 Å². The lowest BCUT2D eigenvalue weighted by molar-refractivity contribution is -0.115. The minimum Gasteiger partial charge on any atom is -0.348 e. The molecule has 0 aliphatic rings. The molecular formula is C27H31N5O2S. The Morgan fingerprint density at radius 3 is 2.66 bits per heavy atom. The van der Waals surface area contributed by atoms with Crippen molar-refractivity contribution < 1.29 is 9.59 Å². The van der Waals surface area contributed by atoms with Crippen LogP contribution in [0.15, 0.2) is 71.4 Å². The molecule has 3 aromatic rings. The van der Waals surface area contributed by atoms with E-state index in [0.717, 1.165) is 28.1 Å². The zero-order valence-corrected chi connectivity index (χ0v) is 21.6. The monoisotopic (exact) mass is 489 g/mol. The van der Waals surface area contributed by atoms with Crippen molar-refractivity contribution in [1.29, 1.82) is 0 Å². The van der Waals surface area contributed by atoms with Gasteiger partial charge in [0, 0.05) is 40.8 Å². The van der Waals surface area contributed by atoms with Crippen LogP contribution in [0.25, 0.3) is 16.8 Å². The fraction of sp³-hybridized carbons (Fsp3) is 0.259. The lowest BCUT2D eigenvalue weighted by atomic mass is 10.0. The number of anilines is 1. The Bertz CT molecular complexity index is 1290. The fourth-order valence-corrected chi connectivity index (χ4v) is 3.87. The third-order valence-corrected chi connectivity index (χ3v) is 5.88. The van der Waals surface area contributed by atoms with Gasteiger partial charge in [0.15, 0.2) is 5.13 Å². The molecule has 0 atom stereocenters. The van der Waals surface area contributed by atoms with E-state index in [4.69, 9.17) is 0 Å². The first-order valence-electron chi connectivity index (χ1n) is 11.2. The van der Waals surface area contributed by atoms with Gasteiger partial charge in [-0.1, -0.05) is 24.8 Å². The van der Waals surface area contributed by atoms with E-state index < -0.39 is 0 Å². The van der Waals surface area contributed by atoms with Crippen molar-refractivity contribution in [2.75, 3.05) is 11.9 Å². The smallest absolute Gasteiger partial charge is 0.253 e. The Kier molecular flexibility index (Phi) is 8.19. The van der Waals surface area contributed by atoms with Gasteiger partial charge < -0.3 is 15.2 Å². The summed E-state index contributed by atoms with van der Waals surface area (Å²) in [5.74, 6) is -0.629. The highest BCUT2D eigenvalue weighted by Crippen LogP contribution is 2.27. The summed E-state index contributed by atoms with van der Waals surface area (Å²) in [5.41, 5.74) is 4.97. The molecule has 0 saturated heterocycles. The van der Waals surface area contributed by atoms with Gasteiger partial charge in [0.25, 0.3) is 5.91 Å². The molecule has 8 heteroatoms. The van der Waals surface area contributed by atoms with Gasteiger partial charge in [-0.3, -0.25) is 14.6 Å². The van der Waals surface area contributed by atoms with Crippen molar-refractivity contribution in [2.24, 2.45) is 4.99 Å². The molecule has 3 rings (SSSR count). The zero-order valence-electron chi connectivity index (χ0n) is 20.8. The molecule has 2 heterocycles. The number of carbonyl (C=O) groups is 2. The molecule has 2 amide bonds. The maximum atomic E-state index is 12.4. The number of nitrogens with one attached hydrogen (secondary N) is 2. The topological polar surface area (TPSA) is 88.4 Å². The number of benzene rings is 1. The maximum absolute atomic E-state index is 12.4. The van der Waals surface area contributed by atoms with E-state index in [-0.39, 0.29) is 23.9 Å². The Balaban J connectivity index is 1.59. The molecule has 2 N–H and O–H groups in total. The molecule has 35 heavy (non-hydrogen) atoms. The van der Waals surface area contributed by atoms with Gasteiger partial charge in [0.05, 0.1) is 17.8 Å².